The van der Waals surface area contributed by atoms with Gasteiger partial charge in [-0.15, -0.1) is 0 Å². The second-order valence-electron chi connectivity index (χ2n) is 1.77. The maximum absolute atomic E-state index is 12.5. The van der Waals surface area contributed by atoms with Crippen LogP contribution in [-0.4, -0.2) is 13.6 Å². The molecule has 2 nitrogen and oxygen atoms in total. The molecule has 0 saturated heterocycles. The van der Waals surface area contributed by atoms with E-state index < -0.39 is 0 Å². The van der Waals surface area contributed by atoms with Crippen molar-refractivity contribution in [3.05, 3.63) is 23.8 Å². The molecule has 0 atom stereocenters. The van der Waals surface area contributed by atoms with E-state index in [0.717, 1.165) is 0 Å². The Labute approximate surface area is 53.4 Å². The van der Waals surface area contributed by atoms with Crippen LogP contribution in [0.2, 0.25) is 0 Å². The predicted molar refractivity (Wildman–Crippen MR) is 34.3 cm³/mol. The summed E-state index contributed by atoms with van der Waals surface area (Å²) >= 11 is 0. The largest absolute Gasteiger partial charge is 0.386 e. The third-order valence-electron chi connectivity index (χ3n) is 1.18. The zero-order valence-corrected chi connectivity index (χ0v) is 5.24. The van der Waals surface area contributed by atoms with E-state index in [9.17, 15) is 4.39 Å². The second-order valence-corrected chi connectivity index (χ2v) is 1.77. The first kappa shape index (κ1) is 6.13. The molecule has 0 bridgehead atoms. The molecule has 0 aromatic carbocycles. The molecule has 2 N–H and O–H groups in total. The molecular formula is C6H9FN2. The molecule has 0 spiro atoms. The molecule has 1 aliphatic rings. The second kappa shape index (κ2) is 2.53. The highest BCUT2D eigenvalue weighted by Crippen LogP contribution is 2.08. The van der Waals surface area contributed by atoms with Crippen molar-refractivity contribution in [2.75, 3.05) is 13.6 Å². The minimum atomic E-state index is -0.233. The van der Waals surface area contributed by atoms with E-state index in [-0.39, 0.29) is 5.83 Å². The normalized spacial score (nSPS) is 17.6. The minimum Gasteiger partial charge on any atom is -0.386 e. The number of hydrogen-bond donors (Lipinski definition) is 2. The molecule has 3 heteroatoms. The lowest BCUT2D eigenvalue weighted by molar-refractivity contribution is 0.612. The van der Waals surface area contributed by atoms with Crippen molar-refractivity contribution in [3.63, 3.8) is 0 Å². The molecule has 0 saturated carbocycles. The molecule has 0 unspecified atom stereocenters. The molecule has 0 aromatic rings. The Balaban J connectivity index is 2.68. The lowest BCUT2D eigenvalue weighted by atomic mass is 10.3. The average Bonchev–Trinajstić information content (AvgIpc) is 1.89. The van der Waals surface area contributed by atoms with Crippen LogP contribution in [0.3, 0.4) is 0 Å². The Morgan fingerprint density at radius 2 is 2.56 bits per heavy atom. The zero-order chi connectivity index (χ0) is 6.69. The van der Waals surface area contributed by atoms with Crippen LogP contribution in [0, 0.1) is 0 Å². The van der Waals surface area contributed by atoms with E-state index >= 15 is 0 Å². The Morgan fingerprint density at radius 1 is 1.78 bits per heavy atom. The number of hydrogen-bond acceptors (Lipinski definition) is 2. The third-order valence-corrected chi connectivity index (χ3v) is 1.18. The van der Waals surface area contributed by atoms with Gasteiger partial charge in [0, 0.05) is 19.8 Å². The van der Waals surface area contributed by atoms with Crippen LogP contribution < -0.4 is 10.6 Å². The Bertz CT molecular complexity index is 160. The summed E-state index contributed by atoms with van der Waals surface area (Å²) in [6.45, 7) is 0.698. The summed E-state index contributed by atoms with van der Waals surface area (Å²) in [4.78, 5) is 0. The van der Waals surface area contributed by atoms with Gasteiger partial charge in [-0.2, -0.15) is 0 Å². The molecule has 1 rings (SSSR count). The van der Waals surface area contributed by atoms with Gasteiger partial charge in [-0.05, 0) is 6.08 Å². The summed E-state index contributed by atoms with van der Waals surface area (Å²) < 4.78 is 12.5. The summed E-state index contributed by atoms with van der Waals surface area (Å²) in [6, 6.07) is 0. The highest BCUT2D eigenvalue weighted by atomic mass is 19.1. The first-order valence-electron chi connectivity index (χ1n) is 2.82. The molecule has 0 fully saturated rings. The number of nitrogens with one attached hydrogen (secondary N) is 2. The SMILES string of the molecule is CNC1=CCNC=C1F. The molecule has 0 amide bonds. The molecular weight excluding hydrogens is 119 g/mol. The van der Waals surface area contributed by atoms with Crippen molar-refractivity contribution in [2.24, 2.45) is 0 Å². The van der Waals surface area contributed by atoms with Crippen LogP contribution in [-0.2, 0) is 0 Å². The van der Waals surface area contributed by atoms with E-state index in [1.54, 1.807) is 13.1 Å². The lowest BCUT2D eigenvalue weighted by Crippen LogP contribution is -2.17. The number of likely N-dealkylation sites (N-methyl/N-ethyl adjacent to an activating group) is 1. The monoisotopic (exact) mass is 128 g/mol. The first-order chi connectivity index (χ1) is 4.34. The van der Waals surface area contributed by atoms with E-state index in [2.05, 4.69) is 10.6 Å². The van der Waals surface area contributed by atoms with Gasteiger partial charge in [-0.1, -0.05) is 0 Å². The number of dihydropyridines is 1. The quantitative estimate of drug-likeness (QED) is 0.537. The van der Waals surface area contributed by atoms with Gasteiger partial charge in [0.25, 0.3) is 0 Å². The van der Waals surface area contributed by atoms with Crippen molar-refractivity contribution in [3.8, 4) is 0 Å². The van der Waals surface area contributed by atoms with E-state index in [1.807, 2.05) is 0 Å². The average molecular weight is 128 g/mol. The topological polar surface area (TPSA) is 24.1 Å². The summed E-state index contributed by atoms with van der Waals surface area (Å²) in [5.41, 5.74) is 0.564. The van der Waals surface area contributed by atoms with Gasteiger partial charge in [-0.3, -0.25) is 0 Å². The van der Waals surface area contributed by atoms with Crippen molar-refractivity contribution in [1.82, 2.24) is 10.6 Å². The Morgan fingerprint density at radius 3 is 3.00 bits per heavy atom. The van der Waals surface area contributed by atoms with Crippen LogP contribution in [0.5, 0.6) is 0 Å². The predicted octanol–water partition coefficient (Wildman–Crippen LogP) is 0.504. The van der Waals surface area contributed by atoms with E-state index in [0.29, 0.717) is 12.2 Å². The minimum absolute atomic E-state index is 0.233. The smallest absolute Gasteiger partial charge is 0.161 e. The van der Waals surface area contributed by atoms with Crippen molar-refractivity contribution in [1.29, 1.82) is 0 Å². The van der Waals surface area contributed by atoms with Gasteiger partial charge in [0.05, 0.1) is 5.70 Å². The molecule has 9 heavy (non-hydrogen) atoms. The fourth-order valence-corrected chi connectivity index (χ4v) is 0.706. The maximum atomic E-state index is 12.5. The molecule has 50 valence electrons. The summed E-state index contributed by atoms with van der Waals surface area (Å²) in [7, 11) is 1.70. The zero-order valence-electron chi connectivity index (χ0n) is 5.24. The van der Waals surface area contributed by atoms with Crippen LogP contribution >= 0.6 is 0 Å². The van der Waals surface area contributed by atoms with Gasteiger partial charge in [0.2, 0.25) is 0 Å². The third kappa shape index (κ3) is 1.22. The lowest BCUT2D eigenvalue weighted by Gasteiger charge is -2.09. The highest BCUT2D eigenvalue weighted by Gasteiger charge is 2.03. The number of allylic oxidation sites excluding steroid dienone is 1. The number of rotatable bonds is 1. The molecule has 1 aliphatic heterocycles. The van der Waals surface area contributed by atoms with Crippen LogP contribution in [0.25, 0.3) is 0 Å². The van der Waals surface area contributed by atoms with Gasteiger partial charge < -0.3 is 10.6 Å². The van der Waals surface area contributed by atoms with Gasteiger partial charge >= 0.3 is 0 Å². The van der Waals surface area contributed by atoms with Gasteiger partial charge in [0.1, 0.15) is 0 Å². The Hall–Kier alpha value is -0.990. The van der Waals surface area contributed by atoms with E-state index in [1.165, 1.54) is 6.20 Å². The van der Waals surface area contributed by atoms with Crippen molar-refractivity contribution >= 4 is 0 Å². The maximum Gasteiger partial charge on any atom is 0.161 e. The fraction of sp³-hybridized carbons (Fsp3) is 0.333. The fourth-order valence-electron chi connectivity index (χ4n) is 0.706. The van der Waals surface area contributed by atoms with Crippen molar-refractivity contribution in [2.45, 2.75) is 0 Å². The number of halogens is 1. The standard InChI is InChI=1S/C6H9FN2/c1-8-6-2-3-9-4-5(6)7/h2,4,8-9H,3H2,1H3. The van der Waals surface area contributed by atoms with Gasteiger partial charge in [-0.25, -0.2) is 4.39 Å². The summed E-state index contributed by atoms with van der Waals surface area (Å²) in [6.07, 6.45) is 3.11. The molecule has 0 aromatic heterocycles. The van der Waals surface area contributed by atoms with Crippen LogP contribution in [0.15, 0.2) is 23.8 Å². The molecule has 0 aliphatic carbocycles. The summed E-state index contributed by atoms with van der Waals surface area (Å²) in [5.74, 6) is -0.233. The molecule has 1 heterocycles. The van der Waals surface area contributed by atoms with Crippen LogP contribution in [0.4, 0.5) is 4.39 Å². The van der Waals surface area contributed by atoms with E-state index in [4.69, 9.17) is 0 Å². The first-order valence-corrected chi connectivity index (χ1v) is 2.82. The Kier molecular flexibility index (Phi) is 1.72. The highest BCUT2D eigenvalue weighted by molar-refractivity contribution is 5.25. The summed E-state index contributed by atoms with van der Waals surface area (Å²) in [5, 5.41) is 5.48. The molecule has 0 radical (unpaired) electrons. The van der Waals surface area contributed by atoms with Gasteiger partial charge in [0.15, 0.2) is 5.83 Å². The van der Waals surface area contributed by atoms with Crippen molar-refractivity contribution < 1.29 is 4.39 Å². The van der Waals surface area contributed by atoms with Crippen LogP contribution in [0.1, 0.15) is 0 Å².